The molecule has 0 spiro atoms. The van der Waals surface area contributed by atoms with Crippen molar-refractivity contribution in [3.8, 4) is 5.82 Å². The number of anilines is 2. The first-order chi connectivity index (χ1) is 12.6. The van der Waals surface area contributed by atoms with Crippen molar-refractivity contribution in [3.63, 3.8) is 0 Å². The van der Waals surface area contributed by atoms with E-state index in [4.69, 9.17) is 0 Å². The van der Waals surface area contributed by atoms with Gasteiger partial charge in [0.25, 0.3) is 5.91 Å². The number of carbonyl (C=O) groups is 1. The molecule has 0 saturated heterocycles. The predicted octanol–water partition coefficient (Wildman–Crippen LogP) is 2.18. The molecule has 3 rings (SSSR count). The number of hydrogen-bond acceptors (Lipinski definition) is 5. The van der Waals surface area contributed by atoms with E-state index in [9.17, 15) is 4.79 Å². The van der Waals surface area contributed by atoms with E-state index in [2.05, 4.69) is 20.6 Å². The molecule has 2 heterocycles. The number of carbonyl (C=O) groups excluding carboxylic acids is 1. The van der Waals surface area contributed by atoms with Gasteiger partial charge in [0.2, 0.25) is 0 Å². The first-order valence-electron chi connectivity index (χ1n) is 8.38. The molecule has 26 heavy (non-hydrogen) atoms. The zero-order chi connectivity index (χ0) is 18.4. The highest BCUT2D eigenvalue weighted by Crippen LogP contribution is 2.12. The third kappa shape index (κ3) is 4.38. The van der Waals surface area contributed by atoms with E-state index in [1.54, 1.807) is 0 Å². The zero-order valence-corrected chi connectivity index (χ0v) is 14.9. The topological polar surface area (TPSA) is 75.1 Å². The molecule has 2 N–H and O–H groups in total. The molecule has 0 aliphatic rings. The maximum absolute atomic E-state index is 12.2. The average molecular weight is 350 g/mol. The van der Waals surface area contributed by atoms with Crippen LogP contribution in [0.1, 0.15) is 10.4 Å². The van der Waals surface area contributed by atoms with Crippen LogP contribution < -0.4 is 15.5 Å². The Kier molecular flexibility index (Phi) is 5.48. The molecule has 0 saturated carbocycles. The quantitative estimate of drug-likeness (QED) is 0.639. The molecule has 0 radical (unpaired) electrons. The summed E-state index contributed by atoms with van der Waals surface area (Å²) in [5, 5.41) is 6.09. The maximum atomic E-state index is 12.2. The second kappa shape index (κ2) is 8.15. The van der Waals surface area contributed by atoms with Crippen molar-refractivity contribution in [2.75, 3.05) is 37.4 Å². The highest BCUT2D eigenvalue weighted by atomic mass is 16.1. The van der Waals surface area contributed by atoms with Gasteiger partial charge in [-0.2, -0.15) is 0 Å². The van der Waals surface area contributed by atoms with Crippen LogP contribution in [0, 0.1) is 0 Å². The van der Waals surface area contributed by atoms with Crippen molar-refractivity contribution in [2.45, 2.75) is 0 Å². The summed E-state index contributed by atoms with van der Waals surface area (Å²) >= 11 is 0. The van der Waals surface area contributed by atoms with Crippen LogP contribution in [0.2, 0.25) is 0 Å². The van der Waals surface area contributed by atoms with Crippen LogP contribution in [0.15, 0.2) is 61.2 Å². The molecule has 1 amide bonds. The monoisotopic (exact) mass is 350 g/mol. The third-order valence-corrected chi connectivity index (χ3v) is 3.88. The fourth-order valence-corrected chi connectivity index (χ4v) is 2.45. The minimum atomic E-state index is -0.0900. The van der Waals surface area contributed by atoms with Gasteiger partial charge in [-0.15, -0.1) is 0 Å². The molecule has 2 aromatic heterocycles. The summed E-state index contributed by atoms with van der Waals surface area (Å²) in [4.78, 5) is 22.6. The summed E-state index contributed by atoms with van der Waals surface area (Å²) < 4.78 is 1.91. The van der Waals surface area contributed by atoms with Gasteiger partial charge < -0.3 is 20.1 Å². The molecule has 7 nitrogen and oxygen atoms in total. The average Bonchev–Trinajstić information content (AvgIpc) is 3.20. The summed E-state index contributed by atoms with van der Waals surface area (Å²) in [7, 11) is 3.94. The lowest BCUT2D eigenvalue weighted by Gasteiger charge is -2.13. The van der Waals surface area contributed by atoms with E-state index in [-0.39, 0.29) is 5.91 Å². The predicted molar refractivity (Wildman–Crippen MR) is 103 cm³/mol. The lowest BCUT2D eigenvalue weighted by Crippen LogP contribution is -2.29. The van der Waals surface area contributed by atoms with Gasteiger partial charge in [-0.1, -0.05) is 0 Å². The van der Waals surface area contributed by atoms with Gasteiger partial charge in [0.1, 0.15) is 18.0 Å². The van der Waals surface area contributed by atoms with E-state index in [1.165, 1.54) is 6.33 Å². The smallest absolute Gasteiger partial charge is 0.251 e. The van der Waals surface area contributed by atoms with Gasteiger partial charge in [0.15, 0.2) is 0 Å². The van der Waals surface area contributed by atoms with E-state index >= 15 is 0 Å². The maximum Gasteiger partial charge on any atom is 0.251 e. The van der Waals surface area contributed by atoms with E-state index in [1.807, 2.05) is 78.4 Å². The Hall–Kier alpha value is -3.35. The standard InChI is InChI=1S/C19H22N6O/c1-24(2)16-7-5-15(6-8-16)19(26)21-10-9-20-17-13-18(23-14-22-17)25-11-3-4-12-25/h3-8,11-14H,9-10H2,1-2H3,(H,21,26)(H,20,22,23). The number of aromatic nitrogens is 3. The van der Waals surface area contributed by atoms with Crippen molar-refractivity contribution >= 4 is 17.4 Å². The van der Waals surface area contributed by atoms with Gasteiger partial charge in [-0.3, -0.25) is 4.79 Å². The SMILES string of the molecule is CN(C)c1ccc(C(=O)NCCNc2cc(-n3cccc3)ncn2)cc1. The van der Waals surface area contributed by atoms with Crippen molar-refractivity contribution < 1.29 is 4.79 Å². The Morgan fingerprint density at radius 1 is 1.08 bits per heavy atom. The van der Waals surface area contributed by atoms with Gasteiger partial charge >= 0.3 is 0 Å². The highest BCUT2D eigenvalue weighted by molar-refractivity contribution is 5.94. The zero-order valence-electron chi connectivity index (χ0n) is 14.9. The molecule has 1 aromatic carbocycles. The normalized spacial score (nSPS) is 10.4. The minimum Gasteiger partial charge on any atom is -0.378 e. The number of benzene rings is 1. The largest absolute Gasteiger partial charge is 0.378 e. The highest BCUT2D eigenvalue weighted by Gasteiger charge is 2.05. The van der Waals surface area contributed by atoms with Crippen molar-refractivity contribution in [2.24, 2.45) is 0 Å². The summed E-state index contributed by atoms with van der Waals surface area (Å²) in [6.07, 6.45) is 5.37. The Morgan fingerprint density at radius 2 is 1.81 bits per heavy atom. The minimum absolute atomic E-state index is 0.0900. The molecule has 0 unspecified atom stereocenters. The van der Waals surface area contributed by atoms with Crippen LogP contribution in [0.4, 0.5) is 11.5 Å². The Balaban J connectivity index is 1.48. The Morgan fingerprint density at radius 3 is 2.50 bits per heavy atom. The molecule has 0 atom stereocenters. The van der Waals surface area contributed by atoms with Crippen LogP contribution in [-0.4, -0.2) is 47.6 Å². The second-order valence-electron chi connectivity index (χ2n) is 5.98. The molecule has 3 aromatic rings. The fourth-order valence-electron chi connectivity index (χ4n) is 2.45. The van der Waals surface area contributed by atoms with Crippen LogP contribution in [-0.2, 0) is 0 Å². The molecule has 0 aliphatic heterocycles. The molecule has 7 heteroatoms. The van der Waals surface area contributed by atoms with Crippen molar-refractivity contribution in [1.29, 1.82) is 0 Å². The van der Waals surface area contributed by atoms with Crippen LogP contribution in [0.5, 0.6) is 0 Å². The molecule has 0 aliphatic carbocycles. The number of nitrogens with one attached hydrogen (secondary N) is 2. The lowest BCUT2D eigenvalue weighted by molar-refractivity contribution is 0.0955. The molecule has 0 bridgehead atoms. The third-order valence-electron chi connectivity index (χ3n) is 3.88. The summed E-state index contributed by atoms with van der Waals surface area (Å²) in [6.45, 7) is 1.07. The van der Waals surface area contributed by atoms with Crippen LogP contribution >= 0.6 is 0 Å². The van der Waals surface area contributed by atoms with Gasteiger partial charge in [-0.05, 0) is 36.4 Å². The summed E-state index contributed by atoms with van der Waals surface area (Å²) in [5.74, 6) is 1.42. The van der Waals surface area contributed by atoms with Gasteiger partial charge in [0, 0.05) is 56.9 Å². The number of hydrogen-bond donors (Lipinski definition) is 2. The summed E-state index contributed by atoms with van der Waals surface area (Å²) in [5.41, 5.74) is 1.71. The van der Waals surface area contributed by atoms with Crippen molar-refractivity contribution in [1.82, 2.24) is 19.9 Å². The summed E-state index contributed by atoms with van der Waals surface area (Å²) in [6, 6.07) is 13.2. The number of nitrogens with zero attached hydrogens (tertiary/aromatic N) is 4. The van der Waals surface area contributed by atoms with Crippen molar-refractivity contribution in [3.05, 3.63) is 66.7 Å². The lowest BCUT2D eigenvalue weighted by atomic mass is 10.2. The van der Waals surface area contributed by atoms with Crippen LogP contribution in [0.25, 0.3) is 5.82 Å². The second-order valence-corrected chi connectivity index (χ2v) is 5.98. The molecule has 134 valence electrons. The number of rotatable bonds is 7. The molecular formula is C19H22N6O. The van der Waals surface area contributed by atoms with E-state index < -0.39 is 0 Å². The first-order valence-corrected chi connectivity index (χ1v) is 8.38. The Labute approximate surface area is 152 Å². The fraction of sp³-hybridized carbons (Fsp3) is 0.211. The van der Waals surface area contributed by atoms with E-state index in [0.717, 1.165) is 11.5 Å². The van der Waals surface area contributed by atoms with Gasteiger partial charge in [0.05, 0.1) is 0 Å². The molecule has 0 fully saturated rings. The van der Waals surface area contributed by atoms with E-state index in [0.29, 0.717) is 24.5 Å². The number of amides is 1. The Bertz CT molecular complexity index is 843. The van der Waals surface area contributed by atoms with Crippen LogP contribution in [0.3, 0.4) is 0 Å². The first kappa shape index (κ1) is 17.5. The van der Waals surface area contributed by atoms with Gasteiger partial charge in [-0.25, -0.2) is 9.97 Å². The molecular weight excluding hydrogens is 328 g/mol.